The molecule has 0 N–H and O–H groups in total. The third-order valence-corrected chi connectivity index (χ3v) is 4.05. The molecule has 0 saturated heterocycles. The Morgan fingerprint density at radius 2 is 1.16 bits per heavy atom. The maximum atomic E-state index is 12.3. The van der Waals surface area contributed by atoms with Crippen LogP contribution < -0.4 is 4.74 Å². The van der Waals surface area contributed by atoms with Gasteiger partial charge in [0.25, 0.3) is 0 Å². The van der Waals surface area contributed by atoms with Crippen molar-refractivity contribution in [3.05, 3.63) is 90.0 Å². The molecule has 3 rings (SSSR count). The summed E-state index contributed by atoms with van der Waals surface area (Å²) >= 11 is 0. The maximum absolute atomic E-state index is 12.3. The molecule has 25 heavy (non-hydrogen) atoms. The van der Waals surface area contributed by atoms with Crippen molar-refractivity contribution in [3.8, 4) is 16.9 Å². The minimum atomic E-state index is -0.171. The molecule has 3 aromatic rings. The maximum Gasteiger partial charge on any atom is 0.170 e. The average molecular weight is 330 g/mol. The third kappa shape index (κ3) is 4.01. The van der Waals surface area contributed by atoms with Gasteiger partial charge in [0, 0.05) is 11.1 Å². The topological polar surface area (TPSA) is 43.4 Å². The number of Topliss-reactive ketones (excluding diaryl/α,β-unsaturated/α-hetero) is 2. The number of hydrogen-bond acceptors (Lipinski definition) is 3. The number of carbonyl (C=O) groups is 2. The standard InChI is InChI=1S/C22H18O3/c1-25-20-13-11-17(12-14-20)16-7-9-19(10-8-16)22(24)15-21(23)18-5-3-2-4-6-18/h2-14H,15H2,1H3. The van der Waals surface area contributed by atoms with E-state index >= 15 is 0 Å². The van der Waals surface area contributed by atoms with Crippen LogP contribution in [-0.2, 0) is 0 Å². The van der Waals surface area contributed by atoms with Crippen LogP contribution in [0, 0.1) is 0 Å². The smallest absolute Gasteiger partial charge is 0.170 e. The van der Waals surface area contributed by atoms with Crippen LogP contribution in [0.4, 0.5) is 0 Å². The highest BCUT2D eigenvalue weighted by Gasteiger charge is 2.13. The van der Waals surface area contributed by atoms with Gasteiger partial charge in [-0.3, -0.25) is 9.59 Å². The van der Waals surface area contributed by atoms with E-state index in [2.05, 4.69) is 0 Å². The fourth-order valence-corrected chi connectivity index (χ4v) is 2.61. The zero-order valence-electron chi connectivity index (χ0n) is 13.9. The lowest BCUT2D eigenvalue weighted by Crippen LogP contribution is -2.08. The van der Waals surface area contributed by atoms with Crippen molar-refractivity contribution in [2.24, 2.45) is 0 Å². The number of hydrogen-bond donors (Lipinski definition) is 0. The van der Waals surface area contributed by atoms with Gasteiger partial charge in [0.2, 0.25) is 0 Å². The second kappa shape index (κ2) is 7.58. The predicted molar refractivity (Wildman–Crippen MR) is 98.2 cm³/mol. The molecule has 0 radical (unpaired) electrons. The minimum absolute atomic E-state index is 0.119. The Kier molecular flexibility index (Phi) is 5.05. The molecule has 0 unspecified atom stereocenters. The molecule has 3 heteroatoms. The Morgan fingerprint density at radius 3 is 1.68 bits per heavy atom. The summed E-state index contributed by atoms with van der Waals surface area (Å²) in [6.07, 6.45) is -0.119. The zero-order valence-corrected chi connectivity index (χ0v) is 13.9. The molecule has 0 amide bonds. The van der Waals surface area contributed by atoms with Crippen LogP contribution in [0.5, 0.6) is 5.75 Å². The largest absolute Gasteiger partial charge is 0.497 e. The van der Waals surface area contributed by atoms with E-state index < -0.39 is 0 Å². The lowest BCUT2D eigenvalue weighted by Gasteiger charge is -2.06. The first-order valence-corrected chi connectivity index (χ1v) is 8.03. The average Bonchev–Trinajstić information content (AvgIpc) is 2.69. The molecule has 3 nitrogen and oxygen atoms in total. The molecular weight excluding hydrogens is 312 g/mol. The first kappa shape index (κ1) is 16.7. The van der Waals surface area contributed by atoms with Gasteiger partial charge < -0.3 is 4.74 Å². The zero-order chi connectivity index (χ0) is 17.6. The number of benzene rings is 3. The molecule has 124 valence electrons. The molecule has 0 aliphatic rings. The molecule has 0 fully saturated rings. The highest BCUT2D eigenvalue weighted by Crippen LogP contribution is 2.23. The van der Waals surface area contributed by atoms with Crippen molar-refractivity contribution in [1.29, 1.82) is 0 Å². The molecule has 0 heterocycles. The molecule has 0 atom stereocenters. The quantitative estimate of drug-likeness (QED) is 0.481. The molecule has 0 aliphatic heterocycles. The summed E-state index contributed by atoms with van der Waals surface area (Å²) in [5, 5.41) is 0. The van der Waals surface area contributed by atoms with E-state index in [0.717, 1.165) is 16.9 Å². The van der Waals surface area contributed by atoms with Crippen LogP contribution in [0.2, 0.25) is 0 Å². The second-order valence-corrected chi connectivity index (χ2v) is 5.70. The molecule has 3 aromatic carbocycles. The third-order valence-electron chi connectivity index (χ3n) is 4.05. The van der Waals surface area contributed by atoms with Gasteiger partial charge in [0.15, 0.2) is 11.6 Å². The first-order chi connectivity index (χ1) is 12.2. The van der Waals surface area contributed by atoms with E-state index in [-0.39, 0.29) is 18.0 Å². The second-order valence-electron chi connectivity index (χ2n) is 5.70. The monoisotopic (exact) mass is 330 g/mol. The fourth-order valence-electron chi connectivity index (χ4n) is 2.61. The molecular formula is C22H18O3. The van der Waals surface area contributed by atoms with Crippen molar-refractivity contribution in [2.45, 2.75) is 6.42 Å². The van der Waals surface area contributed by atoms with E-state index in [1.54, 1.807) is 43.5 Å². The summed E-state index contributed by atoms with van der Waals surface area (Å²) in [5.74, 6) is 0.468. The lowest BCUT2D eigenvalue weighted by atomic mass is 9.99. The van der Waals surface area contributed by atoms with Crippen molar-refractivity contribution in [2.75, 3.05) is 7.11 Å². The van der Waals surface area contributed by atoms with E-state index in [1.165, 1.54) is 0 Å². The Balaban J connectivity index is 1.71. The van der Waals surface area contributed by atoms with E-state index in [9.17, 15) is 9.59 Å². The van der Waals surface area contributed by atoms with Crippen molar-refractivity contribution in [3.63, 3.8) is 0 Å². The normalized spacial score (nSPS) is 10.3. The summed E-state index contributed by atoms with van der Waals surface area (Å²) in [4.78, 5) is 24.5. The minimum Gasteiger partial charge on any atom is -0.497 e. The molecule has 0 spiro atoms. The molecule has 0 saturated carbocycles. The lowest BCUT2D eigenvalue weighted by molar-refractivity contribution is 0.0894. The number of ketones is 2. The summed E-state index contributed by atoms with van der Waals surface area (Å²) in [6, 6.07) is 23.9. The fraction of sp³-hybridized carbons (Fsp3) is 0.0909. The van der Waals surface area contributed by atoms with E-state index in [1.807, 2.05) is 42.5 Å². The van der Waals surface area contributed by atoms with E-state index in [4.69, 9.17) is 4.74 Å². The van der Waals surface area contributed by atoms with Gasteiger partial charge in [0.1, 0.15) is 5.75 Å². The van der Waals surface area contributed by atoms with Gasteiger partial charge in [-0.2, -0.15) is 0 Å². The Labute approximate surface area is 146 Å². The Hall–Kier alpha value is -3.20. The van der Waals surface area contributed by atoms with Gasteiger partial charge in [-0.25, -0.2) is 0 Å². The van der Waals surface area contributed by atoms with Crippen LogP contribution in [0.3, 0.4) is 0 Å². The summed E-state index contributed by atoms with van der Waals surface area (Å²) < 4.78 is 5.15. The van der Waals surface area contributed by atoms with Crippen molar-refractivity contribution in [1.82, 2.24) is 0 Å². The van der Waals surface area contributed by atoms with Crippen LogP contribution >= 0.6 is 0 Å². The first-order valence-electron chi connectivity index (χ1n) is 8.03. The highest BCUT2D eigenvalue weighted by molar-refractivity contribution is 6.13. The SMILES string of the molecule is COc1ccc(-c2ccc(C(=O)CC(=O)c3ccccc3)cc2)cc1. The number of methoxy groups -OCH3 is 1. The summed E-state index contributed by atoms with van der Waals surface area (Å²) in [7, 11) is 1.63. The van der Waals surface area contributed by atoms with Gasteiger partial charge >= 0.3 is 0 Å². The number of carbonyl (C=O) groups excluding carboxylic acids is 2. The Bertz CT molecular complexity index is 863. The molecule has 0 aliphatic carbocycles. The summed E-state index contributed by atoms with van der Waals surface area (Å²) in [6.45, 7) is 0. The van der Waals surface area contributed by atoms with Gasteiger partial charge in [-0.1, -0.05) is 66.7 Å². The molecule has 0 bridgehead atoms. The number of rotatable bonds is 6. The van der Waals surface area contributed by atoms with Gasteiger partial charge in [-0.05, 0) is 23.3 Å². The van der Waals surface area contributed by atoms with Crippen LogP contribution in [-0.4, -0.2) is 18.7 Å². The highest BCUT2D eigenvalue weighted by atomic mass is 16.5. The molecule has 0 aromatic heterocycles. The van der Waals surface area contributed by atoms with E-state index in [0.29, 0.717) is 11.1 Å². The van der Waals surface area contributed by atoms with Gasteiger partial charge in [0.05, 0.1) is 13.5 Å². The van der Waals surface area contributed by atoms with Crippen LogP contribution in [0.15, 0.2) is 78.9 Å². The van der Waals surface area contributed by atoms with Crippen molar-refractivity contribution >= 4 is 11.6 Å². The van der Waals surface area contributed by atoms with Crippen LogP contribution in [0.1, 0.15) is 27.1 Å². The van der Waals surface area contributed by atoms with Crippen LogP contribution in [0.25, 0.3) is 11.1 Å². The van der Waals surface area contributed by atoms with Gasteiger partial charge in [-0.15, -0.1) is 0 Å². The van der Waals surface area contributed by atoms with Crippen molar-refractivity contribution < 1.29 is 14.3 Å². The number of ether oxygens (including phenoxy) is 1. The Morgan fingerprint density at radius 1 is 0.680 bits per heavy atom. The predicted octanol–water partition coefficient (Wildman–Crippen LogP) is 4.82. The summed E-state index contributed by atoms with van der Waals surface area (Å²) in [5.41, 5.74) is 3.15.